The number of carbonyl (C=O) groups is 1. The molecule has 7 heteroatoms. The molecule has 0 spiro atoms. The van der Waals surface area contributed by atoms with E-state index in [0.717, 1.165) is 18.2 Å². The van der Waals surface area contributed by atoms with Crippen LogP contribution < -0.4 is 0 Å². The average molecular weight is 387 g/mol. The summed E-state index contributed by atoms with van der Waals surface area (Å²) in [5.74, 6) is -1.57. The van der Waals surface area contributed by atoms with E-state index in [-0.39, 0.29) is 22.3 Å². The Hall–Kier alpha value is -2.15. The highest BCUT2D eigenvalue weighted by atomic mass is 79.9. The number of alkyl halides is 3. The molecule has 0 saturated carbocycles. The SMILES string of the molecule is O=C(c1cccc(C(F)(F)F)c1)c1cc2c(F)ccc(Br)c2o1. The van der Waals surface area contributed by atoms with Crippen LogP contribution in [-0.4, -0.2) is 5.78 Å². The highest BCUT2D eigenvalue weighted by Crippen LogP contribution is 2.32. The van der Waals surface area contributed by atoms with Gasteiger partial charge in [0.2, 0.25) is 5.78 Å². The van der Waals surface area contributed by atoms with E-state index in [4.69, 9.17) is 4.42 Å². The first-order chi connectivity index (χ1) is 10.8. The van der Waals surface area contributed by atoms with Crippen molar-refractivity contribution < 1.29 is 26.8 Å². The van der Waals surface area contributed by atoms with Gasteiger partial charge in [0.15, 0.2) is 11.3 Å². The van der Waals surface area contributed by atoms with Gasteiger partial charge in [-0.1, -0.05) is 12.1 Å². The molecule has 0 aliphatic heterocycles. The fraction of sp³-hybridized carbons (Fsp3) is 0.0625. The maximum Gasteiger partial charge on any atom is 0.416 e. The van der Waals surface area contributed by atoms with Crippen molar-refractivity contribution in [2.45, 2.75) is 6.18 Å². The summed E-state index contributed by atoms with van der Waals surface area (Å²) in [5.41, 5.74) is -0.998. The highest BCUT2D eigenvalue weighted by molar-refractivity contribution is 9.10. The zero-order valence-electron chi connectivity index (χ0n) is 11.2. The molecule has 118 valence electrons. The summed E-state index contributed by atoms with van der Waals surface area (Å²) < 4.78 is 57.6. The summed E-state index contributed by atoms with van der Waals surface area (Å²) in [7, 11) is 0. The van der Waals surface area contributed by atoms with Crippen molar-refractivity contribution >= 4 is 32.7 Å². The maximum atomic E-state index is 13.7. The first-order valence-corrected chi connectivity index (χ1v) is 7.16. The first kappa shape index (κ1) is 15.7. The summed E-state index contributed by atoms with van der Waals surface area (Å²) in [4.78, 5) is 12.3. The lowest BCUT2D eigenvalue weighted by Gasteiger charge is -2.07. The Balaban J connectivity index is 2.08. The van der Waals surface area contributed by atoms with E-state index in [1.807, 2.05) is 0 Å². The van der Waals surface area contributed by atoms with Crippen LogP contribution in [0.4, 0.5) is 17.6 Å². The van der Waals surface area contributed by atoms with Crippen molar-refractivity contribution in [3.8, 4) is 0 Å². The van der Waals surface area contributed by atoms with Crippen LogP contribution >= 0.6 is 15.9 Å². The lowest BCUT2D eigenvalue weighted by Crippen LogP contribution is -2.07. The fourth-order valence-corrected chi connectivity index (χ4v) is 2.58. The van der Waals surface area contributed by atoms with Gasteiger partial charge in [-0.3, -0.25) is 4.79 Å². The number of hydrogen-bond donors (Lipinski definition) is 0. The zero-order chi connectivity index (χ0) is 16.8. The Morgan fingerprint density at radius 2 is 1.83 bits per heavy atom. The third-order valence-electron chi connectivity index (χ3n) is 3.26. The van der Waals surface area contributed by atoms with E-state index in [0.29, 0.717) is 4.47 Å². The van der Waals surface area contributed by atoms with Crippen LogP contribution in [0.5, 0.6) is 0 Å². The summed E-state index contributed by atoms with van der Waals surface area (Å²) >= 11 is 3.17. The molecule has 0 fully saturated rings. The van der Waals surface area contributed by atoms with E-state index >= 15 is 0 Å². The van der Waals surface area contributed by atoms with Crippen molar-refractivity contribution in [1.82, 2.24) is 0 Å². The largest absolute Gasteiger partial charge is 0.451 e. The summed E-state index contributed by atoms with van der Waals surface area (Å²) in [6.07, 6.45) is -4.56. The number of furan rings is 1. The Kier molecular flexibility index (Phi) is 3.75. The molecule has 23 heavy (non-hydrogen) atoms. The molecule has 0 aliphatic carbocycles. The minimum absolute atomic E-state index is 0.0784. The second-order valence-corrected chi connectivity index (χ2v) is 5.64. The first-order valence-electron chi connectivity index (χ1n) is 6.37. The molecule has 1 aromatic heterocycles. The van der Waals surface area contributed by atoms with Crippen molar-refractivity contribution in [1.29, 1.82) is 0 Å². The second-order valence-electron chi connectivity index (χ2n) is 4.79. The summed E-state index contributed by atoms with van der Waals surface area (Å²) in [5, 5.41) is 0.0784. The number of carbonyl (C=O) groups excluding carboxylic acids is 1. The van der Waals surface area contributed by atoms with Crippen LogP contribution in [0.1, 0.15) is 21.7 Å². The number of rotatable bonds is 2. The van der Waals surface area contributed by atoms with Gasteiger partial charge in [0.05, 0.1) is 15.4 Å². The van der Waals surface area contributed by atoms with E-state index in [9.17, 15) is 22.4 Å². The number of benzene rings is 2. The second kappa shape index (κ2) is 5.49. The molecule has 0 bridgehead atoms. The minimum atomic E-state index is -4.56. The van der Waals surface area contributed by atoms with Gasteiger partial charge in [0.1, 0.15) is 5.82 Å². The van der Waals surface area contributed by atoms with E-state index in [1.54, 1.807) is 0 Å². The monoisotopic (exact) mass is 386 g/mol. The summed E-state index contributed by atoms with van der Waals surface area (Å²) in [6.45, 7) is 0. The molecule has 1 heterocycles. The van der Waals surface area contributed by atoms with Crippen LogP contribution in [0.3, 0.4) is 0 Å². The number of halogens is 5. The third kappa shape index (κ3) is 2.88. The van der Waals surface area contributed by atoms with Gasteiger partial charge in [-0.25, -0.2) is 4.39 Å². The molecule has 2 nitrogen and oxygen atoms in total. The Labute approximate surface area is 135 Å². The number of fused-ring (bicyclic) bond motifs is 1. The predicted octanol–water partition coefficient (Wildman–Crippen LogP) is 5.58. The van der Waals surface area contributed by atoms with E-state index in [2.05, 4.69) is 15.9 Å². The molecule has 0 N–H and O–H groups in total. The molecule has 0 aliphatic rings. The Morgan fingerprint density at radius 1 is 1.09 bits per heavy atom. The molecular formula is C16H7BrF4O2. The topological polar surface area (TPSA) is 30.2 Å². The van der Waals surface area contributed by atoms with Crippen LogP contribution in [0, 0.1) is 5.82 Å². The molecule has 0 radical (unpaired) electrons. The molecule has 0 amide bonds. The lowest BCUT2D eigenvalue weighted by atomic mass is 10.1. The molecule has 3 aromatic rings. The van der Waals surface area contributed by atoms with Crippen molar-refractivity contribution in [2.24, 2.45) is 0 Å². The van der Waals surface area contributed by atoms with Gasteiger partial charge in [0.25, 0.3) is 0 Å². The Bertz CT molecular complexity index is 873. The fourth-order valence-electron chi connectivity index (χ4n) is 2.15. The van der Waals surface area contributed by atoms with Crippen molar-refractivity contribution in [2.75, 3.05) is 0 Å². The molecule has 0 unspecified atom stereocenters. The van der Waals surface area contributed by atoms with Crippen LogP contribution in [0.2, 0.25) is 0 Å². The van der Waals surface area contributed by atoms with Crippen LogP contribution in [0.15, 0.2) is 51.4 Å². The zero-order valence-corrected chi connectivity index (χ0v) is 12.8. The predicted molar refractivity (Wildman–Crippen MR) is 78.7 cm³/mol. The molecular weight excluding hydrogens is 380 g/mol. The van der Waals surface area contributed by atoms with Crippen LogP contribution in [0.25, 0.3) is 11.0 Å². The molecule has 2 aromatic carbocycles. The van der Waals surface area contributed by atoms with Crippen molar-refractivity contribution in [3.63, 3.8) is 0 Å². The average Bonchev–Trinajstić information content (AvgIpc) is 2.96. The van der Waals surface area contributed by atoms with Gasteiger partial charge in [-0.15, -0.1) is 0 Å². The normalized spacial score (nSPS) is 11.9. The highest BCUT2D eigenvalue weighted by Gasteiger charge is 2.31. The number of hydrogen-bond acceptors (Lipinski definition) is 2. The van der Waals surface area contributed by atoms with Gasteiger partial charge in [-0.05, 0) is 46.3 Å². The Morgan fingerprint density at radius 3 is 2.48 bits per heavy atom. The van der Waals surface area contributed by atoms with Crippen LogP contribution in [-0.2, 0) is 6.18 Å². The third-order valence-corrected chi connectivity index (χ3v) is 3.88. The smallest absolute Gasteiger partial charge is 0.416 e. The standard InChI is InChI=1S/C16H7BrF4O2/c17-11-4-5-12(18)10-7-13(23-15(10)11)14(22)8-2-1-3-9(6-8)16(19,20)21/h1-7H. The van der Waals surface area contributed by atoms with Crippen molar-refractivity contribution in [3.05, 3.63) is 69.6 Å². The molecule has 0 atom stereocenters. The van der Waals surface area contributed by atoms with Gasteiger partial charge < -0.3 is 4.42 Å². The maximum absolute atomic E-state index is 13.7. The lowest BCUT2D eigenvalue weighted by molar-refractivity contribution is -0.137. The van der Waals surface area contributed by atoms with Gasteiger partial charge in [0, 0.05) is 5.56 Å². The molecule has 3 rings (SSSR count). The van der Waals surface area contributed by atoms with Gasteiger partial charge in [-0.2, -0.15) is 13.2 Å². The molecule has 0 saturated heterocycles. The van der Waals surface area contributed by atoms with Gasteiger partial charge >= 0.3 is 6.18 Å². The van der Waals surface area contributed by atoms with E-state index < -0.39 is 23.3 Å². The minimum Gasteiger partial charge on any atom is -0.451 e. The summed E-state index contributed by atoms with van der Waals surface area (Å²) in [6, 6.07) is 7.77. The van der Waals surface area contributed by atoms with E-state index in [1.165, 1.54) is 24.3 Å². The number of ketones is 1. The quantitative estimate of drug-likeness (QED) is 0.424.